The molecular formula is C20H26N4O3. The van der Waals surface area contributed by atoms with Gasteiger partial charge in [-0.25, -0.2) is 0 Å². The molecule has 7 nitrogen and oxygen atoms in total. The van der Waals surface area contributed by atoms with E-state index in [0.717, 1.165) is 25.9 Å². The van der Waals surface area contributed by atoms with Crippen LogP contribution in [0, 0.1) is 0 Å². The molecule has 1 N–H and O–H groups in total. The van der Waals surface area contributed by atoms with Gasteiger partial charge >= 0.3 is 11.1 Å². The molecule has 1 fully saturated rings. The first-order chi connectivity index (χ1) is 13.1. The molecule has 0 unspecified atom stereocenters. The largest absolute Gasteiger partial charge is 0.353 e. The van der Waals surface area contributed by atoms with Crippen LogP contribution in [0.3, 0.4) is 0 Å². The topological polar surface area (TPSA) is 76.3 Å². The molecule has 144 valence electrons. The van der Waals surface area contributed by atoms with E-state index in [-0.39, 0.29) is 19.0 Å². The lowest BCUT2D eigenvalue weighted by molar-refractivity contribution is -0.121. The maximum atomic E-state index is 12.6. The fourth-order valence-corrected chi connectivity index (χ4v) is 3.81. The first kappa shape index (κ1) is 19.1. The fraction of sp³-hybridized carbons (Fsp3) is 0.450. The van der Waals surface area contributed by atoms with Gasteiger partial charge in [-0.3, -0.25) is 28.4 Å². The normalized spacial score (nSPS) is 17.3. The number of likely N-dealkylation sites (N-methyl/N-ethyl adjacent to an activating group) is 1. The Hall–Kier alpha value is -2.67. The van der Waals surface area contributed by atoms with Crippen LogP contribution in [0.25, 0.3) is 11.0 Å². The highest BCUT2D eigenvalue weighted by molar-refractivity contribution is 5.80. The van der Waals surface area contributed by atoms with Crippen molar-refractivity contribution in [2.45, 2.75) is 38.9 Å². The summed E-state index contributed by atoms with van der Waals surface area (Å²) < 4.78 is 2.65. The number of carbonyl (C=O) groups is 1. The zero-order valence-electron chi connectivity index (χ0n) is 15.7. The van der Waals surface area contributed by atoms with Crippen LogP contribution in [-0.2, 0) is 17.9 Å². The predicted octanol–water partition coefficient (Wildman–Crippen LogP) is 0.950. The van der Waals surface area contributed by atoms with Crippen LogP contribution in [0.2, 0.25) is 0 Å². The molecule has 1 amide bonds. The summed E-state index contributed by atoms with van der Waals surface area (Å²) in [5.74, 6) is -0.258. The fourth-order valence-electron chi connectivity index (χ4n) is 3.81. The Bertz CT molecular complexity index is 960. The van der Waals surface area contributed by atoms with Gasteiger partial charge in [0.05, 0.1) is 11.0 Å². The lowest BCUT2D eigenvalue weighted by Gasteiger charge is -2.23. The Labute approximate surface area is 157 Å². The van der Waals surface area contributed by atoms with E-state index in [1.54, 1.807) is 30.3 Å². The van der Waals surface area contributed by atoms with E-state index in [9.17, 15) is 14.4 Å². The first-order valence-corrected chi connectivity index (χ1v) is 9.40. The third-order valence-electron chi connectivity index (χ3n) is 5.19. The van der Waals surface area contributed by atoms with E-state index < -0.39 is 11.1 Å². The maximum Gasteiger partial charge on any atom is 0.317 e. The van der Waals surface area contributed by atoms with Crippen LogP contribution in [0.5, 0.6) is 0 Å². The number of carbonyl (C=O) groups excluding carboxylic acids is 1. The first-order valence-electron chi connectivity index (χ1n) is 9.40. The summed E-state index contributed by atoms with van der Waals surface area (Å²) >= 11 is 0. The van der Waals surface area contributed by atoms with Crippen LogP contribution in [0.4, 0.5) is 0 Å². The van der Waals surface area contributed by atoms with Gasteiger partial charge in [-0.2, -0.15) is 0 Å². The van der Waals surface area contributed by atoms with Crippen molar-refractivity contribution in [3.8, 4) is 0 Å². The van der Waals surface area contributed by atoms with Crippen LogP contribution in [-0.4, -0.2) is 45.6 Å². The minimum Gasteiger partial charge on any atom is -0.353 e. The summed E-state index contributed by atoms with van der Waals surface area (Å²) in [4.78, 5) is 39.9. The second-order valence-corrected chi connectivity index (χ2v) is 6.81. The van der Waals surface area contributed by atoms with E-state index in [1.807, 2.05) is 0 Å². The second kappa shape index (κ2) is 8.35. The van der Waals surface area contributed by atoms with E-state index in [2.05, 4.69) is 23.7 Å². The molecule has 1 atom stereocenters. The van der Waals surface area contributed by atoms with E-state index in [4.69, 9.17) is 0 Å². The Kier molecular flexibility index (Phi) is 5.91. The number of hydrogen-bond donors (Lipinski definition) is 1. The molecule has 2 aromatic rings. The molecule has 0 radical (unpaired) electrons. The minimum atomic E-state index is -0.693. The number of benzene rings is 1. The van der Waals surface area contributed by atoms with Crippen molar-refractivity contribution in [1.82, 2.24) is 19.4 Å². The smallest absolute Gasteiger partial charge is 0.317 e. The number of hydrogen-bond acceptors (Lipinski definition) is 4. The Morgan fingerprint density at radius 2 is 1.89 bits per heavy atom. The molecule has 1 aromatic carbocycles. The van der Waals surface area contributed by atoms with Crippen molar-refractivity contribution < 1.29 is 4.79 Å². The standard InChI is InChI=1S/C20H26N4O3/c1-3-11-23-16-9-5-6-10-17(16)24(20(27)19(23)26)14-18(25)21-13-15-8-7-12-22(15)4-2/h3,5-6,9-10,15H,1,4,7-8,11-14H2,2H3,(H,21,25)/t15-/m1/s1. The average molecular weight is 370 g/mol. The van der Waals surface area contributed by atoms with Gasteiger partial charge in [0.25, 0.3) is 0 Å². The Balaban J connectivity index is 1.84. The van der Waals surface area contributed by atoms with Gasteiger partial charge in [0.1, 0.15) is 6.54 Å². The molecule has 1 aliphatic heterocycles. The molecule has 7 heteroatoms. The molecular weight excluding hydrogens is 344 g/mol. The highest BCUT2D eigenvalue weighted by Gasteiger charge is 2.23. The summed E-state index contributed by atoms with van der Waals surface area (Å²) in [5.41, 5.74) is -0.158. The van der Waals surface area contributed by atoms with Crippen molar-refractivity contribution in [3.05, 3.63) is 57.6 Å². The number of para-hydroxylation sites is 2. The lowest BCUT2D eigenvalue weighted by atomic mass is 10.2. The molecule has 0 saturated carbocycles. The SMILES string of the molecule is C=CCn1c(=O)c(=O)n(CC(=O)NC[C@H]2CCCN2CC)c2ccccc21. The highest BCUT2D eigenvalue weighted by Crippen LogP contribution is 2.15. The van der Waals surface area contributed by atoms with Gasteiger partial charge in [-0.1, -0.05) is 25.1 Å². The van der Waals surface area contributed by atoms with Crippen molar-refractivity contribution >= 4 is 16.9 Å². The number of aromatic nitrogens is 2. The summed E-state index contributed by atoms with van der Waals surface area (Å²) in [6.45, 7) is 8.42. The van der Waals surface area contributed by atoms with Crippen molar-refractivity contribution in [2.24, 2.45) is 0 Å². The van der Waals surface area contributed by atoms with Gasteiger partial charge < -0.3 is 5.32 Å². The van der Waals surface area contributed by atoms with Crippen LogP contribution >= 0.6 is 0 Å². The molecule has 1 aromatic heterocycles. The molecule has 0 aliphatic carbocycles. The number of nitrogens with zero attached hydrogens (tertiary/aromatic N) is 3. The number of allylic oxidation sites excluding steroid dienone is 1. The van der Waals surface area contributed by atoms with Crippen LogP contribution in [0.15, 0.2) is 46.5 Å². The van der Waals surface area contributed by atoms with E-state index in [1.165, 1.54) is 9.13 Å². The summed E-state index contributed by atoms with van der Waals surface area (Å²) in [7, 11) is 0. The van der Waals surface area contributed by atoms with Gasteiger partial charge in [-0.15, -0.1) is 6.58 Å². The summed E-state index contributed by atoms with van der Waals surface area (Å²) in [6.07, 6.45) is 3.78. The van der Waals surface area contributed by atoms with E-state index in [0.29, 0.717) is 23.6 Å². The van der Waals surface area contributed by atoms with Crippen LogP contribution in [0.1, 0.15) is 19.8 Å². The third kappa shape index (κ3) is 3.88. The highest BCUT2D eigenvalue weighted by atomic mass is 16.2. The average Bonchev–Trinajstić information content (AvgIpc) is 3.14. The van der Waals surface area contributed by atoms with Gasteiger partial charge in [0.2, 0.25) is 5.91 Å². The van der Waals surface area contributed by atoms with Crippen molar-refractivity contribution in [2.75, 3.05) is 19.6 Å². The quantitative estimate of drug-likeness (QED) is 0.582. The zero-order valence-corrected chi connectivity index (χ0v) is 15.7. The van der Waals surface area contributed by atoms with Crippen LogP contribution < -0.4 is 16.4 Å². The molecule has 2 heterocycles. The molecule has 0 spiro atoms. The number of rotatable bonds is 7. The molecule has 1 saturated heterocycles. The summed E-state index contributed by atoms with van der Waals surface area (Å²) in [6, 6.07) is 7.45. The minimum absolute atomic E-state index is 0.164. The second-order valence-electron chi connectivity index (χ2n) is 6.81. The predicted molar refractivity (Wildman–Crippen MR) is 106 cm³/mol. The number of fused-ring (bicyclic) bond motifs is 1. The molecule has 3 rings (SSSR count). The molecule has 1 aliphatic rings. The van der Waals surface area contributed by atoms with E-state index >= 15 is 0 Å². The molecule has 27 heavy (non-hydrogen) atoms. The maximum absolute atomic E-state index is 12.6. The van der Waals surface area contributed by atoms with Crippen molar-refractivity contribution in [3.63, 3.8) is 0 Å². The zero-order chi connectivity index (χ0) is 19.4. The van der Waals surface area contributed by atoms with Gasteiger partial charge in [0, 0.05) is 19.1 Å². The monoisotopic (exact) mass is 370 g/mol. The lowest BCUT2D eigenvalue weighted by Crippen LogP contribution is -2.45. The summed E-state index contributed by atoms with van der Waals surface area (Å²) in [5, 5.41) is 2.92. The third-order valence-corrected chi connectivity index (χ3v) is 5.19. The van der Waals surface area contributed by atoms with Gasteiger partial charge in [-0.05, 0) is 38.1 Å². The number of amides is 1. The van der Waals surface area contributed by atoms with Crippen molar-refractivity contribution in [1.29, 1.82) is 0 Å². The number of likely N-dealkylation sites (tertiary alicyclic amines) is 1. The molecule has 0 bridgehead atoms. The number of nitrogens with one attached hydrogen (secondary N) is 1. The van der Waals surface area contributed by atoms with Gasteiger partial charge in [0.15, 0.2) is 0 Å². The Morgan fingerprint density at radius 1 is 1.22 bits per heavy atom. The Morgan fingerprint density at radius 3 is 2.56 bits per heavy atom.